The number of amides is 1. The molecule has 1 fully saturated rings. The minimum absolute atomic E-state index is 0.0455. The van der Waals surface area contributed by atoms with Gasteiger partial charge in [0.2, 0.25) is 5.91 Å². The van der Waals surface area contributed by atoms with E-state index in [4.69, 9.17) is 0 Å². The number of pyridine rings is 1. The molecule has 1 saturated carbocycles. The Kier molecular flexibility index (Phi) is 4.99. The van der Waals surface area contributed by atoms with Gasteiger partial charge in [-0.25, -0.2) is 9.67 Å². The number of halogens is 1. The van der Waals surface area contributed by atoms with E-state index >= 15 is 0 Å². The Hall–Kier alpha value is -2.22. The van der Waals surface area contributed by atoms with Crippen LogP contribution in [0.3, 0.4) is 0 Å². The van der Waals surface area contributed by atoms with Crippen molar-refractivity contribution in [2.24, 2.45) is 0 Å². The van der Waals surface area contributed by atoms with Crippen LogP contribution < -0.4 is 5.32 Å². The topological polar surface area (TPSA) is 77.6 Å². The van der Waals surface area contributed by atoms with Crippen molar-refractivity contribution in [3.63, 3.8) is 0 Å². The van der Waals surface area contributed by atoms with E-state index in [-0.39, 0.29) is 12.5 Å². The first-order valence-corrected chi connectivity index (χ1v) is 10.1. The van der Waals surface area contributed by atoms with Crippen LogP contribution in [0, 0.1) is 13.8 Å². The lowest BCUT2D eigenvalue weighted by molar-refractivity contribution is -0.121. The van der Waals surface area contributed by atoms with E-state index in [1.54, 1.807) is 4.68 Å². The minimum atomic E-state index is -0.0455. The Morgan fingerprint density at radius 1 is 1.30 bits per heavy atom. The van der Waals surface area contributed by atoms with Gasteiger partial charge in [0.05, 0.1) is 15.9 Å². The van der Waals surface area contributed by atoms with E-state index in [0.717, 1.165) is 39.9 Å². The number of hydrogen-bond acceptors (Lipinski definition) is 4. The minimum Gasteiger partial charge on any atom is -0.354 e. The summed E-state index contributed by atoms with van der Waals surface area (Å²) in [5.74, 6) is 0.586. The molecule has 0 atom stereocenters. The van der Waals surface area contributed by atoms with E-state index in [0.29, 0.717) is 12.5 Å². The molecule has 1 aliphatic rings. The lowest BCUT2D eigenvalue weighted by Crippen LogP contribution is -2.29. The molecule has 0 bridgehead atoms. The molecule has 1 amide bonds. The molecule has 0 aromatic carbocycles. The van der Waals surface area contributed by atoms with Crippen LogP contribution in [0.4, 0.5) is 0 Å². The van der Waals surface area contributed by atoms with Crippen LogP contribution in [0.15, 0.2) is 22.9 Å². The SMILES string of the molecule is Cc1nn(CCCNC(=O)Cn2nc(C)c3c(C4CC4)ccnc32)cc1Br. The highest BCUT2D eigenvalue weighted by atomic mass is 79.9. The van der Waals surface area contributed by atoms with Crippen molar-refractivity contribution < 1.29 is 4.79 Å². The molecule has 0 aliphatic heterocycles. The van der Waals surface area contributed by atoms with Gasteiger partial charge < -0.3 is 5.32 Å². The van der Waals surface area contributed by atoms with Gasteiger partial charge in [0.25, 0.3) is 0 Å². The fraction of sp³-hybridized carbons (Fsp3) is 0.474. The third-order valence-corrected chi connectivity index (χ3v) is 5.70. The Balaban J connectivity index is 1.35. The van der Waals surface area contributed by atoms with Gasteiger partial charge in [-0.05, 0) is 66.6 Å². The summed E-state index contributed by atoms with van der Waals surface area (Å²) < 4.78 is 4.62. The molecule has 0 unspecified atom stereocenters. The second-order valence-electron chi connectivity index (χ2n) is 7.15. The number of carbonyl (C=O) groups is 1. The fourth-order valence-electron chi connectivity index (χ4n) is 3.42. The van der Waals surface area contributed by atoms with Gasteiger partial charge in [0.1, 0.15) is 6.54 Å². The molecular weight excluding hydrogens is 408 g/mol. The van der Waals surface area contributed by atoms with Gasteiger partial charge in [-0.2, -0.15) is 10.2 Å². The summed E-state index contributed by atoms with van der Waals surface area (Å²) in [6.07, 6.45) is 7.07. The quantitative estimate of drug-likeness (QED) is 0.584. The summed E-state index contributed by atoms with van der Waals surface area (Å²) in [6.45, 7) is 5.52. The first-order chi connectivity index (χ1) is 13.0. The molecule has 0 saturated heterocycles. The van der Waals surface area contributed by atoms with E-state index < -0.39 is 0 Å². The maximum absolute atomic E-state index is 12.3. The summed E-state index contributed by atoms with van der Waals surface area (Å²) in [5, 5.41) is 13.0. The predicted molar refractivity (Wildman–Crippen MR) is 107 cm³/mol. The second-order valence-corrected chi connectivity index (χ2v) is 8.00. The van der Waals surface area contributed by atoms with Crippen molar-refractivity contribution >= 4 is 32.9 Å². The van der Waals surface area contributed by atoms with Crippen LogP contribution in [-0.4, -0.2) is 37.0 Å². The van der Waals surface area contributed by atoms with Gasteiger partial charge in [-0.15, -0.1) is 0 Å². The molecule has 3 aromatic heterocycles. The summed E-state index contributed by atoms with van der Waals surface area (Å²) in [6, 6.07) is 2.09. The Morgan fingerprint density at radius 2 is 2.11 bits per heavy atom. The summed E-state index contributed by atoms with van der Waals surface area (Å²) in [4.78, 5) is 16.8. The van der Waals surface area contributed by atoms with Crippen molar-refractivity contribution in [2.75, 3.05) is 6.54 Å². The Bertz CT molecular complexity index is 968. The smallest absolute Gasteiger partial charge is 0.241 e. The predicted octanol–water partition coefficient (Wildman–Crippen LogP) is 3.09. The first kappa shape index (κ1) is 18.2. The number of aryl methyl sites for hydroxylation is 3. The number of carbonyl (C=O) groups excluding carboxylic acids is 1. The standard InChI is InChI=1S/C19H23BrN6O/c1-12-16(20)10-25(23-12)9-3-7-21-17(27)11-26-19-18(13(2)24-26)15(6-8-22-19)14-4-5-14/h6,8,10,14H,3-5,7,9,11H2,1-2H3,(H,21,27). The lowest BCUT2D eigenvalue weighted by Gasteiger charge is -2.07. The van der Waals surface area contributed by atoms with Crippen LogP contribution in [0.1, 0.15) is 42.1 Å². The van der Waals surface area contributed by atoms with Gasteiger partial charge in [0, 0.05) is 30.9 Å². The van der Waals surface area contributed by atoms with Gasteiger partial charge in [-0.3, -0.25) is 9.48 Å². The maximum Gasteiger partial charge on any atom is 0.241 e. The zero-order chi connectivity index (χ0) is 19.0. The van der Waals surface area contributed by atoms with Crippen LogP contribution in [0.5, 0.6) is 0 Å². The fourth-order valence-corrected chi connectivity index (χ4v) is 3.74. The monoisotopic (exact) mass is 430 g/mol. The molecule has 27 heavy (non-hydrogen) atoms. The van der Waals surface area contributed by atoms with Crippen molar-refractivity contribution in [1.82, 2.24) is 29.9 Å². The van der Waals surface area contributed by atoms with Gasteiger partial charge >= 0.3 is 0 Å². The summed E-state index contributed by atoms with van der Waals surface area (Å²) in [7, 11) is 0. The van der Waals surface area contributed by atoms with Crippen molar-refractivity contribution in [2.45, 2.75) is 52.1 Å². The van der Waals surface area contributed by atoms with E-state index in [2.05, 4.69) is 42.5 Å². The Labute approximate surface area is 166 Å². The zero-order valence-electron chi connectivity index (χ0n) is 15.6. The number of aromatic nitrogens is 5. The molecule has 142 valence electrons. The zero-order valence-corrected chi connectivity index (χ0v) is 17.2. The first-order valence-electron chi connectivity index (χ1n) is 9.31. The molecule has 8 heteroatoms. The average molecular weight is 431 g/mol. The van der Waals surface area contributed by atoms with E-state index in [1.165, 1.54) is 18.4 Å². The summed E-state index contributed by atoms with van der Waals surface area (Å²) >= 11 is 3.46. The molecule has 1 N–H and O–H groups in total. The normalized spacial score (nSPS) is 14.0. The largest absolute Gasteiger partial charge is 0.354 e. The van der Waals surface area contributed by atoms with Crippen molar-refractivity contribution in [1.29, 1.82) is 0 Å². The van der Waals surface area contributed by atoms with Gasteiger partial charge in [0.15, 0.2) is 5.65 Å². The molecule has 1 aliphatic carbocycles. The molecule has 4 rings (SSSR count). The highest BCUT2D eigenvalue weighted by Gasteiger charge is 2.27. The Morgan fingerprint density at radius 3 is 2.81 bits per heavy atom. The molecule has 0 spiro atoms. The number of nitrogens with one attached hydrogen (secondary N) is 1. The molecule has 3 aromatic rings. The number of rotatable bonds is 7. The molecular formula is C19H23BrN6O. The van der Waals surface area contributed by atoms with Crippen molar-refractivity contribution in [3.05, 3.63) is 39.9 Å². The van der Waals surface area contributed by atoms with Crippen LogP contribution in [-0.2, 0) is 17.9 Å². The average Bonchev–Trinajstić information content (AvgIpc) is 3.37. The number of hydrogen-bond donors (Lipinski definition) is 1. The van der Waals surface area contributed by atoms with E-state index in [9.17, 15) is 4.79 Å². The molecule has 3 heterocycles. The highest BCUT2D eigenvalue weighted by molar-refractivity contribution is 9.10. The van der Waals surface area contributed by atoms with Crippen molar-refractivity contribution in [3.8, 4) is 0 Å². The summed E-state index contributed by atoms with van der Waals surface area (Å²) in [5.41, 5.74) is 4.05. The second kappa shape index (κ2) is 7.42. The van der Waals surface area contributed by atoms with Crippen LogP contribution >= 0.6 is 15.9 Å². The maximum atomic E-state index is 12.3. The van der Waals surface area contributed by atoms with E-state index in [1.807, 2.05) is 30.9 Å². The number of fused-ring (bicyclic) bond motifs is 1. The molecule has 7 nitrogen and oxygen atoms in total. The number of nitrogens with zero attached hydrogens (tertiary/aromatic N) is 5. The third-order valence-electron chi connectivity index (χ3n) is 4.92. The van der Waals surface area contributed by atoms with Crippen LogP contribution in [0.25, 0.3) is 11.0 Å². The highest BCUT2D eigenvalue weighted by Crippen LogP contribution is 2.43. The van der Waals surface area contributed by atoms with Gasteiger partial charge in [-0.1, -0.05) is 0 Å². The lowest BCUT2D eigenvalue weighted by atomic mass is 10.1. The van der Waals surface area contributed by atoms with Crippen LogP contribution in [0.2, 0.25) is 0 Å². The molecule has 0 radical (unpaired) electrons. The third kappa shape index (κ3) is 3.90.